The number of hydrogen-bond acceptors (Lipinski definition) is 4. The van der Waals surface area contributed by atoms with Crippen LogP contribution < -0.4 is 5.32 Å². The molecule has 3 aromatic carbocycles. The Morgan fingerprint density at radius 3 is 2.24 bits per heavy atom. The molecule has 2 N–H and O–H groups in total. The highest BCUT2D eigenvalue weighted by molar-refractivity contribution is 5.99. The van der Waals surface area contributed by atoms with E-state index in [1.165, 1.54) is 6.07 Å². The summed E-state index contributed by atoms with van der Waals surface area (Å²) in [7, 11) is 0. The Morgan fingerprint density at radius 2 is 1.65 bits per heavy atom. The van der Waals surface area contributed by atoms with Gasteiger partial charge in [0, 0.05) is 23.7 Å². The van der Waals surface area contributed by atoms with E-state index in [2.05, 4.69) is 5.32 Å². The monoisotopic (exact) mass is 460 g/mol. The van der Waals surface area contributed by atoms with E-state index in [0.29, 0.717) is 6.42 Å². The molecule has 8 heteroatoms. The number of carboxylic acid groups (broad SMARTS) is 1. The standard InChI is InChI=1S/C26H21FN2O5/c27-16-11-15(24(30)29-10-9-23(29)25(31)32)12-17(13-16)28-26(33)34-14-22-20-7-3-1-5-18(20)19-6-2-4-8-21(19)22/h1-8,11-13,22-23H,9-10,14H2,(H,28,33)(H,31,32). The Labute approximate surface area is 194 Å². The van der Waals surface area contributed by atoms with E-state index in [9.17, 15) is 18.8 Å². The van der Waals surface area contributed by atoms with Crippen LogP contribution in [0.25, 0.3) is 11.1 Å². The summed E-state index contributed by atoms with van der Waals surface area (Å²) in [6, 6.07) is 18.4. The Kier molecular flexibility index (Phi) is 5.49. The molecule has 0 radical (unpaired) electrons. The second-order valence-corrected chi connectivity index (χ2v) is 8.32. The fourth-order valence-corrected chi connectivity index (χ4v) is 4.59. The molecule has 172 valence electrons. The van der Waals surface area contributed by atoms with Crippen molar-refractivity contribution in [1.82, 2.24) is 4.90 Å². The average molecular weight is 460 g/mol. The minimum Gasteiger partial charge on any atom is -0.480 e. The maximum Gasteiger partial charge on any atom is 0.411 e. The number of ether oxygens (including phenoxy) is 1. The van der Waals surface area contributed by atoms with Crippen molar-refractivity contribution in [2.24, 2.45) is 0 Å². The minimum atomic E-state index is -1.10. The zero-order valence-corrected chi connectivity index (χ0v) is 18.0. The van der Waals surface area contributed by atoms with Gasteiger partial charge in [-0.2, -0.15) is 0 Å². The quantitative estimate of drug-likeness (QED) is 0.585. The maximum atomic E-state index is 14.2. The Bertz CT molecular complexity index is 1260. The van der Waals surface area contributed by atoms with Gasteiger partial charge in [-0.25, -0.2) is 14.0 Å². The summed E-state index contributed by atoms with van der Waals surface area (Å²) in [5.74, 6) is -2.56. The summed E-state index contributed by atoms with van der Waals surface area (Å²) in [6.07, 6.45) is -0.431. The summed E-state index contributed by atoms with van der Waals surface area (Å²) in [4.78, 5) is 37.5. The number of nitrogens with zero attached hydrogens (tertiary/aromatic N) is 1. The van der Waals surface area contributed by atoms with Crippen LogP contribution in [0.15, 0.2) is 66.7 Å². The number of hydrogen-bond donors (Lipinski definition) is 2. The van der Waals surface area contributed by atoms with Gasteiger partial charge in [-0.15, -0.1) is 0 Å². The molecule has 5 rings (SSSR count). The van der Waals surface area contributed by atoms with E-state index in [-0.39, 0.29) is 30.3 Å². The van der Waals surface area contributed by atoms with Crippen LogP contribution in [0.5, 0.6) is 0 Å². The lowest BCUT2D eigenvalue weighted by Crippen LogP contribution is -2.55. The van der Waals surface area contributed by atoms with E-state index in [0.717, 1.165) is 39.3 Å². The fourth-order valence-electron chi connectivity index (χ4n) is 4.59. The highest BCUT2D eigenvalue weighted by atomic mass is 19.1. The molecule has 1 heterocycles. The lowest BCUT2D eigenvalue weighted by atomic mass is 9.98. The molecule has 3 aromatic rings. The van der Waals surface area contributed by atoms with Gasteiger partial charge in [0.2, 0.25) is 0 Å². The third-order valence-corrected chi connectivity index (χ3v) is 6.30. The smallest absolute Gasteiger partial charge is 0.411 e. The van der Waals surface area contributed by atoms with Crippen LogP contribution in [0.2, 0.25) is 0 Å². The Balaban J connectivity index is 1.28. The van der Waals surface area contributed by atoms with Gasteiger partial charge in [-0.05, 0) is 46.9 Å². The summed E-state index contributed by atoms with van der Waals surface area (Å²) >= 11 is 0. The largest absolute Gasteiger partial charge is 0.480 e. The minimum absolute atomic E-state index is 0.0418. The molecular formula is C26H21FN2O5. The number of amides is 2. The first kappa shape index (κ1) is 21.6. The third kappa shape index (κ3) is 3.87. The lowest BCUT2D eigenvalue weighted by molar-refractivity contribution is -0.146. The van der Waals surface area contributed by atoms with Crippen molar-refractivity contribution in [3.8, 4) is 11.1 Å². The molecule has 1 fully saturated rings. The summed E-state index contributed by atoms with van der Waals surface area (Å²) in [5, 5.41) is 11.6. The number of carboxylic acids is 1. The van der Waals surface area contributed by atoms with Gasteiger partial charge in [0.25, 0.3) is 5.91 Å². The first-order valence-corrected chi connectivity index (χ1v) is 10.9. The first-order chi connectivity index (χ1) is 16.4. The van der Waals surface area contributed by atoms with Crippen LogP contribution in [0.1, 0.15) is 33.8 Å². The third-order valence-electron chi connectivity index (χ3n) is 6.30. The number of nitrogens with one attached hydrogen (secondary N) is 1. The summed E-state index contributed by atoms with van der Waals surface area (Å²) < 4.78 is 19.6. The first-order valence-electron chi connectivity index (χ1n) is 10.9. The summed E-state index contributed by atoms with van der Waals surface area (Å²) in [6.45, 7) is 0.372. The second kappa shape index (κ2) is 8.62. The Morgan fingerprint density at radius 1 is 1.00 bits per heavy atom. The molecule has 2 amide bonds. The van der Waals surface area contributed by atoms with Gasteiger partial charge >= 0.3 is 12.1 Å². The van der Waals surface area contributed by atoms with Gasteiger partial charge < -0.3 is 14.7 Å². The van der Waals surface area contributed by atoms with Gasteiger partial charge in [-0.3, -0.25) is 10.1 Å². The maximum absolute atomic E-state index is 14.2. The van der Waals surface area contributed by atoms with E-state index in [1.54, 1.807) is 0 Å². The number of halogens is 1. The number of fused-ring (bicyclic) bond motifs is 3. The van der Waals surface area contributed by atoms with E-state index < -0.39 is 29.8 Å². The summed E-state index contributed by atoms with van der Waals surface area (Å²) in [5.41, 5.74) is 4.35. The van der Waals surface area contributed by atoms with Gasteiger partial charge in [-0.1, -0.05) is 48.5 Å². The number of anilines is 1. The van der Waals surface area contributed by atoms with Crippen LogP contribution in [-0.4, -0.2) is 47.2 Å². The van der Waals surface area contributed by atoms with Crippen LogP contribution in [-0.2, 0) is 9.53 Å². The van der Waals surface area contributed by atoms with E-state index in [1.807, 2.05) is 48.5 Å². The predicted molar refractivity (Wildman–Crippen MR) is 122 cm³/mol. The second-order valence-electron chi connectivity index (χ2n) is 8.32. The molecule has 1 aliphatic carbocycles. The molecule has 1 atom stereocenters. The van der Waals surface area contributed by atoms with Gasteiger partial charge in [0.1, 0.15) is 18.5 Å². The highest BCUT2D eigenvalue weighted by Crippen LogP contribution is 2.44. The lowest BCUT2D eigenvalue weighted by Gasteiger charge is -2.38. The van der Waals surface area contributed by atoms with E-state index >= 15 is 0 Å². The molecule has 1 saturated heterocycles. The molecule has 1 unspecified atom stereocenters. The highest BCUT2D eigenvalue weighted by Gasteiger charge is 2.38. The van der Waals surface area contributed by atoms with Crippen molar-refractivity contribution in [1.29, 1.82) is 0 Å². The number of benzene rings is 3. The number of carbonyl (C=O) groups excluding carboxylic acids is 2. The molecule has 0 saturated carbocycles. The van der Waals surface area contributed by atoms with E-state index in [4.69, 9.17) is 9.84 Å². The molecule has 34 heavy (non-hydrogen) atoms. The van der Waals surface area contributed by atoms with Crippen LogP contribution in [0.4, 0.5) is 14.9 Å². The van der Waals surface area contributed by atoms with Gasteiger partial charge in [0.15, 0.2) is 0 Å². The van der Waals surface area contributed by atoms with Crippen molar-refractivity contribution in [3.05, 3.63) is 89.2 Å². The topological polar surface area (TPSA) is 95.9 Å². The number of rotatable bonds is 5. The zero-order chi connectivity index (χ0) is 23.8. The fraction of sp³-hybridized carbons (Fsp3) is 0.192. The normalized spacial score (nSPS) is 16.3. The molecule has 2 aliphatic rings. The van der Waals surface area contributed by atoms with Crippen molar-refractivity contribution >= 4 is 23.7 Å². The molecule has 7 nitrogen and oxygen atoms in total. The predicted octanol–water partition coefficient (Wildman–Crippen LogP) is 4.49. The van der Waals surface area contributed by atoms with Crippen LogP contribution >= 0.6 is 0 Å². The average Bonchev–Trinajstić information content (AvgIpc) is 3.10. The number of aliphatic carboxylic acids is 1. The van der Waals surface area contributed by atoms with Crippen LogP contribution in [0.3, 0.4) is 0 Å². The van der Waals surface area contributed by atoms with Gasteiger partial charge in [0.05, 0.1) is 0 Å². The van der Waals surface area contributed by atoms with Crippen LogP contribution in [0, 0.1) is 5.82 Å². The molecule has 0 aromatic heterocycles. The SMILES string of the molecule is O=C(Nc1cc(F)cc(C(=O)N2CCC2C(=O)O)c1)OCC1c2ccccc2-c2ccccc21. The molecule has 0 bridgehead atoms. The molecule has 1 aliphatic heterocycles. The molecule has 0 spiro atoms. The Hall–Kier alpha value is -4.20. The zero-order valence-electron chi connectivity index (χ0n) is 18.0. The molecular weight excluding hydrogens is 439 g/mol. The number of likely N-dealkylation sites (tertiary alicyclic amines) is 1. The van der Waals surface area contributed by atoms with Crippen molar-refractivity contribution < 1.29 is 28.6 Å². The van der Waals surface area contributed by atoms with Crippen molar-refractivity contribution in [2.75, 3.05) is 18.5 Å². The van der Waals surface area contributed by atoms with Crippen molar-refractivity contribution in [2.45, 2.75) is 18.4 Å². The van der Waals surface area contributed by atoms with Crippen molar-refractivity contribution in [3.63, 3.8) is 0 Å². The number of carbonyl (C=O) groups is 3.